The smallest absolute Gasteiger partial charge is 0.244 e. The number of aromatic nitrogens is 2. The molecule has 3 saturated heterocycles. The second-order valence-corrected chi connectivity index (χ2v) is 8.73. The van der Waals surface area contributed by atoms with E-state index in [1.807, 2.05) is 16.5 Å². The highest BCUT2D eigenvalue weighted by Gasteiger charge is 2.63. The molecule has 0 aliphatic carbocycles. The maximum absolute atomic E-state index is 13.0. The fraction of sp³-hybridized carbons (Fsp3) is 0.800. The van der Waals surface area contributed by atoms with Gasteiger partial charge in [0.2, 0.25) is 5.91 Å². The summed E-state index contributed by atoms with van der Waals surface area (Å²) in [6.45, 7) is 9.24. The van der Waals surface area contributed by atoms with Crippen molar-refractivity contribution in [2.24, 2.45) is 11.8 Å². The van der Waals surface area contributed by atoms with Crippen LogP contribution in [0.3, 0.4) is 0 Å². The van der Waals surface area contributed by atoms with E-state index in [9.17, 15) is 4.79 Å². The molecule has 0 unspecified atom stereocenters. The molecule has 3 fully saturated rings. The normalized spacial score (nSPS) is 32.7. The Balaban J connectivity index is 1.48. The molecule has 0 radical (unpaired) electrons. The van der Waals surface area contributed by atoms with Gasteiger partial charge in [-0.05, 0) is 52.8 Å². The highest BCUT2D eigenvalue weighted by atomic mass is 16.5. The molecule has 0 aromatic carbocycles. The lowest BCUT2D eigenvalue weighted by molar-refractivity contribution is -0.132. The molecule has 3 aliphatic heterocycles. The van der Waals surface area contributed by atoms with E-state index in [4.69, 9.17) is 4.74 Å². The minimum Gasteiger partial charge on any atom is -0.369 e. The Morgan fingerprint density at radius 1 is 1.38 bits per heavy atom. The van der Waals surface area contributed by atoms with Gasteiger partial charge in [-0.15, -0.1) is 0 Å². The van der Waals surface area contributed by atoms with Gasteiger partial charge in [-0.3, -0.25) is 9.48 Å². The Morgan fingerprint density at radius 3 is 2.81 bits per heavy atom. The van der Waals surface area contributed by atoms with Crippen LogP contribution in [-0.4, -0.2) is 70.9 Å². The van der Waals surface area contributed by atoms with Crippen LogP contribution in [0.5, 0.6) is 0 Å². The third-order valence-electron chi connectivity index (χ3n) is 6.88. The van der Waals surface area contributed by atoms with Crippen LogP contribution in [0.1, 0.15) is 36.7 Å². The molecule has 1 amide bonds. The summed E-state index contributed by atoms with van der Waals surface area (Å²) < 4.78 is 8.34. The van der Waals surface area contributed by atoms with Gasteiger partial charge < -0.3 is 14.5 Å². The van der Waals surface area contributed by atoms with E-state index in [0.29, 0.717) is 24.5 Å². The molecule has 4 atom stereocenters. The van der Waals surface area contributed by atoms with Crippen molar-refractivity contribution < 1.29 is 9.53 Å². The van der Waals surface area contributed by atoms with E-state index in [-0.39, 0.29) is 11.5 Å². The first-order valence-corrected chi connectivity index (χ1v) is 9.98. The molecule has 26 heavy (non-hydrogen) atoms. The minimum absolute atomic E-state index is 0.0787. The van der Waals surface area contributed by atoms with Crippen molar-refractivity contribution in [1.29, 1.82) is 0 Å². The second kappa shape index (κ2) is 6.34. The van der Waals surface area contributed by atoms with Crippen molar-refractivity contribution in [2.45, 2.75) is 58.3 Å². The summed E-state index contributed by atoms with van der Waals surface area (Å²) in [4.78, 5) is 17.3. The van der Waals surface area contributed by atoms with E-state index < -0.39 is 0 Å². The maximum atomic E-state index is 13.0. The average Bonchev–Trinajstić information content (AvgIpc) is 3.28. The summed E-state index contributed by atoms with van der Waals surface area (Å²) in [5.41, 5.74) is 3.36. The number of amides is 1. The van der Waals surface area contributed by atoms with Gasteiger partial charge in [0.05, 0.1) is 23.9 Å². The second-order valence-electron chi connectivity index (χ2n) is 8.73. The van der Waals surface area contributed by atoms with Crippen LogP contribution in [0.2, 0.25) is 0 Å². The van der Waals surface area contributed by atoms with E-state index in [1.54, 1.807) is 0 Å². The summed E-state index contributed by atoms with van der Waals surface area (Å²) >= 11 is 0. The lowest BCUT2D eigenvalue weighted by Crippen LogP contribution is -2.40. The monoisotopic (exact) mass is 360 g/mol. The zero-order valence-corrected chi connectivity index (χ0v) is 16.8. The zero-order valence-electron chi connectivity index (χ0n) is 16.8. The van der Waals surface area contributed by atoms with Crippen LogP contribution < -0.4 is 0 Å². The van der Waals surface area contributed by atoms with Crippen LogP contribution in [0.15, 0.2) is 0 Å². The number of carbonyl (C=O) groups is 1. The highest BCUT2D eigenvalue weighted by Crippen LogP contribution is 2.54. The molecule has 4 rings (SSSR count). The van der Waals surface area contributed by atoms with Crippen LogP contribution >= 0.6 is 0 Å². The number of hydrogen-bond acceptors (Lipinski definition) is 4. The Labute approximate surface area is 156 Å². The average molecular weight is 361 g/mol. The van der Waals surface area contributed by atoms with Gasteiger partial charge in [0.1, 0.15) is 6.54 Å². The molecule has 0 N–H and O–H groups in total. The van der Waals surface area contributed by atoms with Crippen LogP contribution in [0, 0.1) is 25.7 Å². The molecule has 3 aliphatic rings. The van der Waals surface area contributed by atoms with Gasteiger partial charge in [-0.25, -0.2) is 0 Å². The van der Waals surface area contributed by atoms with Gasteiger partial charge in [0.15, 0.2) is 0 Å². The van der Waals surface area contributed by atoms with Gasteiger partial charge >= 0.3 is 0 Å². The molecular weight excluding hydrogens is 328 g/mol. The quantitative estimate of drug-likeness (QED) is 0.801. The Hall–Kier alpha value is -1.40. The zero-order chi connectivity index (χ0) is 18.6. The van der Waals surface area contributed by atoms with E-state index in [1.165, 1.54) is 5.56 Å². The fourth-order valence-electron chi connectivity index (χ4n) is 5.67. The molecule has 1 aromatic rings. The molecule has 4 heterocycles. The van der Waals surface area contributed by atoms with Crippen molar-refractivity contribution >= 4 is 5.91 Å². The Morgan fingerprint density at radius 2 is 2.15 bits per heavy atom. The van der Waals surface area contributed by atoms with E-state index in [0.717, 1.165) is 50.3 Å². The predicted octanol–water partition coefficient (Wildman–Crippen LogP) is 1.63. The summed E-state index contributed by atoms with van der Waals surface area (Å²) in [6.07, 6.45) is 3.61. The van der Waals surface area contributed by atoms with Gasteiger partial charge in [-0.2, -0.15) is 5.10 Å². The summed E-state index contributed by atoms with van der Waals surface area (Å²) in [5, 5.41) is 4.60. The standard InChI is InChI=1S/C20H32N4O2/c1-6-15-13(2)21-24(14(15)3)11-19(25)23-10-17-16(9-22(4)5)18-7-8-20(17,12-23)26-18/h16-18H,6-12H2,1-5H3/t16-,17+,18+,20+/m0/s1. The van der Waals surface area contributed by atoms with Gasteiger partial charge in [0.25, 0.3) is 0 Å². The third-order valence-corrected chi connectivity index (χ3v) is 6.88. The lowest BCUT2D eigenvalue weighted by atomic mass is 9.73. The Kier molecular flexibility index (Phi) is 4.39. The molecule has 1 spiro atoms. The number of aryl methyl sites for hydroxylation is 1. The molecule has 6 nitrogen and oxygen atoms in total. The topological polar surface area (TPSA) is 50.6 Å². The minimum atomic E-state index is -0.0787. The number of carbonyl (C=O) groups excluding carboxylic acids is 1. The van der Waals surface area contributed by atoms with E-state index >= 15 is 0 Å². The highest BCUT2D eigenvalue weighted by molar-refractivity contribution is 5.76. The van der Waals surface area contributed by atoms with Crippen molar-refractivity contribution in [1.82, 2.24) is 19.6 Å². The van der Waals surface area contributed by atoms with Crippen molar-refractivity contribution in [3.05, 3.63) is 17.0 Å². The first kappa shape index (κ1) is 18.0. The summed E-state index contributed by atoms with van der Waals surface area (Å²) in [7, 11) is 4.26. The van der Waals surface area contributed by atoms with Crippen molar-refractivity contribution in [2.75, 3.05) is 33.7 Å². The van der Waals surface area contributed by atoms with E-state index in [2.05, 4.69) is 37.9 Å². The molecule has 6 heteroatoms. The number of nitrogens with zero attached hydrogens (tertiary/aromatic N) is 4. The lowest BCUT2D eigenvalue weighted by Gasteiger charge is -2.30. The maximum Gasteiger partial charge on any atom is 0.244 e. The van der Waals surface area contributed by atoms with Crippen LogP contribution in [-0.2, 0) is 22.5 Å². The first-order chi connectivity index (χ1) is 12.3. The molecule has 1 aromatic heterocycles. The molecular formula is C20H32N4O2. The summed E-state index contributed by atoms with van der Waals surface area (Å²) in [5.74, 6) is 1.22. The van der Waals surface area contributed by atoms with Gasteiger partial charge in [-0.1, -0.05) is 6.92 Å². The largest absolute Gasteiger partial charge is 0.369 e. The molecule has 0 saturated carbocycles. The number of hydrogen-bond donors (Lipinski definition) is 0. The number of rotatable bonds is 5. The fourth-order valence-corrected chi connectivity index (χ4v) is 5.67. The third kappa shape index (κ3) is 2.69. The van der Waals surface area contributed by atoms with Crippen LogP contribution in [0.25, 0.3) is 0 Å². The summed E-state index contributed by atoms with van der Waals surface area (Å²) in [6, 6.07) is 0. The number of ether oxygens (including phenoxy) is 1. The first-order valence-electron chi connectivity index (χ1n) is 9.98. The predicted molar refractivity (Wildman–Crippen MR) is 100 cm³/mol. The number of likely N-dealkylation sites (tertiary alicyclic amines) is 1. The SMILES string of the molecule is CCc1c(C)nn(CC(=O)N2C[C@@H]3[C@H](CN(C)C)[C@H]4CC[C@]3(C2)O4)c1C. The van der Waals surface area contributed by atoms with Crippen molar-refractivity contribution in [3.8, 4) is 0 Å². The molecule has 2 bridgehead atoms. The van der Waals surface area contributed by atoms with Crippen molar-refractivity contribution in [3.63, 3.8) is 0 Å². The molecule has 144 valence electrons. The van der Waals surface area contributed by atoms with Crippen LogP contribution in [0.4, 0.5) is 0 Å². The number of fused-ring (bicyclic) bond motifs is 1. The Bertz CT molecular complexity index is 713. The van der Waals surface area contributed by atoms with Gasteiger partial charge in [0, 0.05) is 30.6 Å².